The first-order valence-corrected chi connectivity index (χ1v) is 9.14. The van der Waals surface area contributed by atoms with Crippen LogP contribution in [0.4, 0.5) is 0 Å². The highest BCUT2D eigenvalue weighted by Gasteiger charge is 2.51. The Morgan fingerprint density at radius 3 is 3.00 bits per heavy atom. The molecule has 22 heavy (non-hydrogen) atoms. The highest BCUT2D eigenvalue weighted by atomic mass is 32.2. The largest absolute Gasteiger partial charge is 0.371 e. The Kier molecular flexibility index (Phi) is 3.86. The van der Waals surface area contributed by atoms with E-state index < -0.39 is 0 Å². The van der Waals surface area contributed by atoms with Gasteiger partial charge in [0.1, 0.15) is 0 Å². The summed E-state index contributed by atoms with van der Waals surface area (Å²) in [7, 11) is 0. The zero-order valence-corrected chi connectivity index (χ0v) is 13.6. The van der Waals surface area contributed by atoms with E-state index in [9.17, 15) is 4.79 Å². The molecule has 5 heteroatoms. The summed E-state index contributed by atoms with van der Waals surface area (Å²) < 4.78 is 6.28. The fourth-order valence-corrected chi connectivity index (χ4v) is 4.89. The molecule has 1 aromatic rings. The summed E-state index contributed by atoms with van der Waals surface area (Å²) in [5.41, 5.74) is 0.989. The summed E-state index contributed by atoms with van der Waals surface area (Å²) in [6.45, 7) is 2.44. The van der Waals surface area contributed by atoms with Gasteiger partial charge < -0.3 is 9.64 Å². The Hall–Kier alpha value is -1.07. The van der Waals surface area contributed by atoms with Crippen molar-refractivity contribution < 1.29 is 9.53 Å². The van der Waals surface area contributed by atoms with Crippen LogP contribution in [0, 0.1) is 5.92 Å². The van der Waals surface area contributed by atoms with Crippen LogP contribution in [-0.2, 0) is 16.1 Å². The van der Waals surface area contributed by atoms with E-state index in [1.54, 1.807) is 6.20 Å². The molecule has 2 aliphatic heterocycles. The molecule has 3 fully saturated rings. The number of aromatic nitrogens is 1. The molecule has 3 heterocycles. The minimum atomic E-state index is 0.272. The molecule has 1 spiro atoms. The molecule has 1 atom stereocenters. The zero-order valence-electron chi connectivity index (χ0n) is 12.7. The van der Waals surface area contributed by atoms with Crippen molar-refractivity contribution in [3.63, 3.8) is 0 Å². The SMILES string of the molecule is O=C(CC1CC1)N1CC2(C[C@H](OCc3ccccn3)CS2)C1. The van der Waals surface area contributed by atoms with Crippen LogP contribution in [0.15, 0.2) is 24.4 Å². The summed E-state index contributed by atoms with van der Waals surface area (Å²) in [6, 6.07) is 5.91. The molecule has 1 amide bonds. The lowest BCUT2D eigenvalue weighted by atomic mass is 9.92. The van der Waals surface area contributed by atoms with E-state index in [2.05, 4.69) is 4.98 Å². The molecule has 0 bridgehead atoms. The van der Waals surface area contributed by atoms with Gasteiger partial charge in [-0.1, -0.05) is 6.07 Å². The first-order chi connectivity index (χ1) is 10.7. The van der Waals surface area contributed by atoms with Crippen molar-refractivity contribution in [3.8, 4) is 0 Å². The molecular weight excluding hydrogens is 296 g/mol. The summed E-state index contributed by atoms with van der Waals surface area (Å²) >= 11 is 1.99. The number of rotatable bonds is 5. The maximum absolute atomic E-state index is 12.1. The second-order valence-electron chi connectivity index (χ2n) is 6.85. The quantitative estimate of drug-likeness (QED) is 0.836. The number of likely N-dealkylation sites (tertiary alicyclic amines) is 1. The molecule has 4 nitrogen and oxygen atoms in total. The summed E-state index contributed by atoms with van der Waals surface area (Å²) in [5, 5.41) is 0. The third-order valence-corrected chi connectivity index (χ3v) is 6.41. The lowest BCUT2D eigenvalue weighted by molar-refractivity contribution is -0.137. The Balaban J connectivity index is 1.22. The number of hydrogen-bond donors (Lipinski definition) is 0. The molecule has 0 N–H and O–H groups in total. The van der Waals surface area contributed by atoms with Crippen LogP contribution >= 0.6 is 11.8 Å². The highest BCUT2D eigenvalue weighted by Crippen LogP contribution is 2.46. The average molecular weight is 318 g/mol. The van der Waals surface area contributed by atoms with Gasteiger partial charge in [-0.05, 0) is 37.3 Å². The molecule has 0 radical (unpaired) electrons. The standard InChI is InChI=1S/C17H22N2O2S/c20-16(7-13-4-5-13)19-11-17(12-19)8-15(10-22-17)21-9-14-3-1-2-6-18-14/h1-3,6,13,15H,4-5,7-12H2/t15-/m0/s1. The minimum Gasteiger partial charge on any atom is -0.371 e. The lowest BCUT2D eigenvalue weighted by Crippen LogP contribution is -2.60. The van der Waals surface area contributed by atoms with Crippen molar-refractivity contribution in [1.82, 2.24) is 9.88 Å². The van der Waals surface area contributed by atoms with Gasteiger partial charge in [0, 0.05) is 31.5 Å². The maximum atomic E-state index is 12.1. The van der Waals surface area contributed by atoms with Gasteiger partial charge in [0.05, 0.1) is 23.2 Å². The highest BCUT2D eigenvalue weighted by molar-refractivity contribution is 8.01. The predicted molar refractivity (Wildman–Crippen MR) is 86.5 cm³/mol. The van der Waals surface area contributed by atoms with E-state index in [4.69, 9.17) is 4.74 Å². The van der Waals surface area contributed by atoms with Crippen LogP contribution < -0.4 is 0 Å². The number of thioether (sulfide) groups is 1. The molecule has 0 unspecified atom stereocenters. The monoisotopic (exact) mass is 318 g/mol. The third kappa shape index (κ3) is 3.15. The van der Waals surface area contributed by atoms with Crippen LogP contribution in [0.25, 0.3) is 0 Å². The number of nitrogens with zero attached hydrogens (tertiary/aromatic N) is 2. The third-order valence-electron chi connectivity index (χ3n) is 4.84. The normalized spacial score (nSPS) is 26.2. The van der Waals surface area contributed by atoms with Gasteiger partial charge in [0.2, 0.25) is 5.91 Å². The zero-order chi connectivity index (χ0) is 15.0. The molecule has 2 saturated heterocycles. The van der Waals surface area contributed by atoms with E-state index in [0.29, 0.717) is 24.5 Å². The molecule has 1 aliphatic carbocycles. The number of amides is 1. The molecular formula is C17H22N2O2S. The number of ether oxygens (including phenoxy) is 1. The van der Waals surface area contributed by atoms with Gasteiger partial charge >= 0.3 is 0 Å². The fourth-order valence-electron chi connectivity index (χ4n) is 3.34. The Labute approximate surface area is 135 Å². The lowest BCUT2D eigenvalue weighted by Gasteiger charge is -2.47. The van der Waals surface area contributed by atoms with Crippen LogP contribution in [0.2, 0.25) is 0 Å². The molecule has 0 aromatic carbocycles. The Morgan fingerprint density at radius 1 is 1.41 bits per heavy atom. The van der Waals surface area contributed by atoms with E-state index in [0.717, 1.165) is 37.4 Å². The smallest absolute Gasteiger partial charge is 0.222 e. The molecule has 118 valence electrons. The average Bonchev–Trinajstić information content (AvgIpc) is 3.20. The first kappa shape index (κ1) is 14.5. The Bertz CT molecular complexity index is 541. The van der Waals surface area contributed by atoms with Gasteiger partial charge in [-0.2, -0.15) is 0 Å². The van der Waals surface area contributed by atoms with E-state index >= 15 is 0 Å². The van der Waals surface area contributed by atoms with Crippen LogP contribution in [0.5, 0.6) is 0 Å². The van der Waals surface area contributed by atoms with E-state index in [-0.39, 0.29) is 4.75 Å². The van der Waals surface area contributed by atoms with E-state index in [1.165, 1.54) is 12.8 Å². The Morgan fingerprint density at radius 2 is 2.27 bits per heavy atom. The van der Waals surface area contributed by atoms with Crippen molar-refractivity contribution in [1.29, 1.82) is 0 Å². The van der Waals surface area contributed by atoms with Crippen molar-refractivity contribution in [3.05, 3.63) is 30.1 Å². The predicted octanol–water partition coefficient (Wildman–Crippen LogP) is 2.48. The summed E-state index contributed by atoms with van der Waals surface area (Å²) in [6.07, 6.45) is 6.45. The molecule has 1 saturated carbocycles. The first-order valence-electron chi connectivity index (χ1n) is 8.16. The van der Waals surface area contributed by atoms with E-state index in [1.807, 2.05) is 34.9 Å². The topological polar surface area (TPSA) is 42.4 Å². The number of carbonyl (C=O) groups is 1. The number of carbonyl (C=O) groups excluding carboxylic acids is 1. The fraction of sp³-hybridized carbons (Fsp3) is 0.647. The van der Waals surface area contributed by atoms with Crippen molar-refractivity contribution >= 4 is 17.7 Å². The van der Waals surface area contributed by atoms with Crippen molar-refractivity contribution in [2.75, 3.05) is 18.8 Å². The van der Waals surface area contributed by atoms with Crippen LogP contribution in [0.1, 0.15) is 31.4 Å². The summed E-state index contributed by atoms with van der Waals surface area (Å²) in [4.78, 5) is 18.4. The second-order valence-corrected chi connectivity index (χ2v) is 8.34. The van der Waals surface area contributed by atoms with Crippen molar-refractivity contribution in [2.24, 2.45) is 5.92 Å². The van der Waals surface area contributed by atoms with Crippen molar-refractivity contribution in [2.45, 2.75) is 43.1 Å². The van der Waals surface area contributed by atoms with Gasteiger partial charge in [0.15, 0.2) is 0 Å². The van der Waals surface area contributed by atoms with Crippen LogP contribution in [-0.4, -0.2) is 45.5 Å². The summed E-state index contributed by atoms with van der Waals surface area (Å²) in [5.74, 6) is 2.10. The minimum absolute atomic E-state index is 0.272. The van der Waals surface area contributed by atoms with Gasteiger partial charge in [-0.15, -0.1) is 11.8 Å². The molecule has 1 aromatic heterocycles. The number of pyridine rings is 1. The maximum Gasteiger partial charge on any atom is 0.222 e. The molecule has 4 rings (SSSR count). The van der Waals surface area contributed by atoms with Crippen LogP contribution in [0.3, 0.4) is 0 Å². The number of hydrogen-bond acceptors (Lipinski definition) is 4. The van der Waals surface area contributed by atoms with Gasteiger partial charge in [-0.25, -0.2) is 0 Å². The van der Waals surface area contributed by atoms with Gasteiger partial charge in [0.25, 0.3) is 0 Å². The molecule has 3 aliphatic rings. The second kappa shape index (κ2) is 5.85. The van der Waals surface area contributed by atoms with Gasteiger partial charge in [-0.3, -0.25) is 9.78 Å².